The minimum absolute atomic E-state index is 0. The molecule has 4 N–H and O–H groups in total. The first-order valence-electron chi connectivity index (χ1n) is 13.5. The van der Waals surface area contributed by atoms with Crippen LogP contribution in [0.5, 0.6) is 23.3 Å². The van der Waals surface area contributed by atoms with E-state index in [9.17, 15) is 20.4 Å². The number of benzene rings is 2. The molecule has 0 saturated heterocycles. The van der Waals surface area contributed by atoms with Crippen LogP contribution in [0.3, 0.4) is 0 Å². The fraction of sp³-hybridized carbons (Fsp3) is 0.333. The maximum atomic E-state index is 9.65. The molecule has 0 atom stereocenters. The molecule has 2 heterocycles. The van der Waals surface area contributed by atoms with Gasteiger partial charge >= 0.3 is 0 Å². The summed E-state index contributed by atoms with van der Waals surface area (Å²) in [7, 11) is 7.83. The summed E-state index contributed by atoms with van der Waals surface area (Å²) in [5.74, 6) is -0.258. The Morgan fingerprint density at radius 1 is 0.717 bits per heavy atom. The second-order valence-corrected chi connectivity index (χ2v) is 7.05. The summed E-state index contributed by atoms with van der Waals surface area (Å²) >= 11 is 0. The third-order valence-electron chi connectivity index (χ3n) is 4.29. The fourth-order valence-electron chi connectivity index (χ4n) is 2.55. The second-order valence-electron chi connectivity index (χ2n) is 7.05. The van der Waals surface area contributed by atoms with Gasteiger partial charge in [-0.05, 0) is 38.1 Å². The zero-order valence-electron chi connectivity index (χ0n) is 29.1. The monoisotopic (exact) mass is 751 g/mol. The van der Waals surface area contributed by atoms with Crippen molar-refractivity contribution in [3.63, 3.8) is 0 Å². The van der Waals surface area contributed by atoms with E-state index in [1.54, 1.807) is 64.1 Å². The predicted octanol–water partition coefficient (Wildman–Crippen LogP) is 8.53. The zero-order valence-corrected chi connectivity index (χ0v) is 33.0. The van der Waals surface area contributed by atoms with Crippen molar-refractivity contribution in [3.05, 3.63) is 74.8 Å². The van der Waals surface area contributed by atoms with Gasteiger partial charge in [0, 0.05) is 85.1 Å². The van der Waals surface area contributed by atoms with Gasteiger partial charge in [0.1, 0.15) is 28.6 Å². The number of aromatic hydroxyl groups is 4. The normalized spacial score (nSPS) is 8.65. The van der Waals surface area contributed by atoms with Crippen LogP contribution in [-0.4, -0.2) is 50.2 Å². The quantitative estimate of drug-likeness (QED) is 0.0918. The number of para-hydroxylation sites is 2. The smallest absolute Gasteiger partial charge is 0.237 e. The molecule has 0 fully saturated rings. The topological polar surface area (TPSA) is 175 Å². The maximum absolute atomic E-state index is 9.65. The van der Waals surface area contributed by atoms with Crippen molar-refractivity contribution in [3.8, 4) is 23.3 Å². The molecular weight excluding hydrogens is 703 g/mol. The molecule has 2 aromatic heterocycles. The van der Waals surface area contributed by atoms with Crippen molar-refractivity contribution in [2.75, 3.05) is 0 Å². The molecule has 0 bridgehead atoms. The molecule has 4 radical (unpaired) electrons. The first-order chi connectivity index (χ1) is 20.2. The number of phenolic OH excluding ortho intramolecular Hbond substituents is 2. The van der Waals surface area contributed by atoms with Gasteiger partial charge in [0.05, 0.1) is 18.7 Å². The van der Waals surface area contributed by atoms with Crippen molar-refractivity contribution in [2.45, 2.75) is 62.2 Å². The van der Waals surface area contributed by atoms with E-state index in [0.29, 0.717) is 28.5 Å². The number of aryl methyl sites for hydroxylation is 3. The standard InChI is InChI=1S/C11H12N4O2.C10H9N4O2.3C2H6.CH3B2.2CH3.Fe.Y/c1-7-10(11(17)15(2)14-7)13-12-8-5-3-4-6-9(8)16;1-6-9(10(16)14-11-6)13-12-7-4-2-3-5-8(7)15;3*1-2;1-3-2;;;;/h3-6,16-17H,1-2H3;2-5H,1H3,(H2-,11,12,13,14,15,16);3*1-2H3;1H3;2*1H3;;/q;-1;;;;;2*+1;;. The number of hydrogen-bond acceptors (Lipinski definition) is 10. The van der Waals surface area contributed by atoms with Gasteiger partial charge in [-0.2, -0.15) is 5.10 Å². The molecule has 2 aromatic carbocycles. The summed E-state index contributed by atoms with van der Waals surface area (Å²) in [6.07, 6.45) is 0. The summed E-state index contributed by atoms with van der Waals surface area (Å²) in [6.45, 7) is 17.2. The summed E-state index contributed by atoms with van der Waals surface area (Å²) < 4.78 is 1.31. The van der Waals surface area contributed by atoms with E-state index in [4.69, 9.17) is 7.74 Å². The van der Waals surface area contributed by atoms with Gasteiger partial charge in [-0.15, -0.1) is 27.3 Å². The summed E-state index contributed by atoms with van der Waals surface area (Å²) in [5, 5.41) is 64.3. The van der Waals surface area contributed by atoms with E-state index in [1.807, 2.05) is 41.5 Å². The van der Waals surface area contributed by atoms with Crippen molar-refractivity contribution < 1.29 is 70.2 Å². The van der Waals surface area contributed by atoms with E-state index in [1.165, 1.54) is 24.0 Å². The van der Waals surface area contributed by atoms with Crippen LogP contribution in [0, 0.1) is 28.7 Å². The van der Waals surface area contributed by atoms with E-state index < -0.39 is 0 Å². The van der Waals surface area contributed by atoms with Crippen LogP contribution in [0.4, 0.5) is 22.7 Å². The molecule has 0 aliphatic carbocycles. The zero-order chi connectivity index (χ0) is 32.7. The molecule has 0 unspecified atom stereocenters. The van der Waals surface area contributed by atoms with E-state index in [2.05, 4.69) is 35.8 Å². The van der Waals surface area contributed by atoms with Crippen LogP contribution in [-0.2, 0) is 56.8 Å². The number of aromatic nitrogens is 4. The van der Waals surface area contributed by atoms with Crippen LogP contribution < -0.4 is 5.10 Å². The van der Waals surface area contributed by atoms with E-state index >= 15 is 0 Å². The molecule has 0 amide bonds. The van der Waals surface area contributed by atoms with Crippen molar-refractivity contribution in [1.29, 1.82) is 0 Å². The van der Waals surface area contributed by atoms with E-state index in [0.717, 1.165) is 0 Å². The summed E-state index contributed by atoms with van der Waals surface area (Å²) in [5.41, 5.74) is 2.23. The number of rotatable bonds is 4. The van der Waals surface area contributed by atoms with Crippen LogP contribution in [0.25, 0.3) is 0 Å². The molecule has 0 aliphatic heterocycles. The maximum Gasteiger partial charge on any atom is 0.237 e. The van der Waals surface area contributed by atoms with Gasteiger partial charge in [-0.25, -0.2) is 4.68 Å². The molecular formula is C30H48B2FeN8O4Y+. The van der Waals surface area contributed by atoms with Gasteiger partial charge in [0.25, 0.3) is 0 Å². The average molecular weight is 751 g/mol. The average Bonchev–Trinajstić information content (AvgIpc) is 3.46. The molecule has 0 spiro atoms. The van der Waals surface area contributed by atoms with Gasteiger partial charge in [-0.3, -0.25) is 0 Å². The molecule has 0 aliphatic rings. The van der Waals surface area contributed by atoms with Gasteiger partial charge in [0.2, 0.25) is 5.88 Å². The molecule has 4 aromatic rings. The number of hydrogen-bond donors (Lipinski definition) is 4. The molecule has 0 saturated carbocycles. The van der Waals surface area contributed by atoms with Gasteiger partial charge in [-0.1, -0.05) is 65.8 Å². The third kappa shape index (κ3) is 19.3. The van der Waals surface area contributed by atoms with Gasteiger partial charge in [0.15, 0.2) is 5.69 Å². The summed E-state index contributed by atoms with van der Waals surface area (Å²) in [6, 6.07) is 13.1. The molecule has 12 nitrogen and oxygen atoms in total. The second kappa shape index (κ2) is 33.1. The number of nitrogens with zero attached hydrogens (tertiary/aromatic N) is 8. The van der Waals surface area contributed by atoms with Crippen LogP contribution >= 0.6 is 0 Å². The first kappa shape index (κ1) is 55.2. The molecule has 248 valence electrons. The SMILES string of the molecule is CC.CC.CC.Cc1n[n-]c(O)c1N=Nc1ccccc1O.Cc1nn(C)c(O)c1N=Nc1ccccc1O.[B][B]C.[CH3+].[CH3+].[Fe].[Y]. The van der Waals surface area contributed by atoms with Crippen LogP contribution in [0.15, 0.2) is 69.0 Å². The fourth-order valence-corrected chi connectivity index (χ4v) is 2.55. The van der Waals surface area contributed by atoms with Crippen molar-refractivity contribution >= 4 is 37.7 Å². The Bertz CT molecular complexity index is 1340. The Morgan fingerprint density at radius 3 is 1.39 bits per heavy atom. The Labute approximate surface area is 313 Å². The van der Waals surface area contributed by atoms with Crippen LogP contribution in [0.1, 0.15) is 52.9 Å². The Morgan fingerprint density at radius 2 is 1.09 bits per heavy atom. The Hall–Kier alpha value is -3.25. The summed E-state index contributed by atoms with van der Waals surface area (Å²) in [4.78, 5) is 0. The first-order valence-corrected chi connectivity index (χ1v) is 13.5. The largest absolute Gasteiger partial charge is 0.543 e. The molecule has 4 rings (SSSR count). The minimum Gasteiger partial charge on any atom is -0.543 e. The van der Waals surface area contributed by atoms with Crippen LogP contribution in [0.2, 0.25) is 6.82 Å². The molecule has 16 heteroatoms. The van der Waals surface area contributed by atoms with Gasteiger partial charge < -0.3 is 30.6 Å². The Kier molecular flexibility index (Phi) is 39.7. The van der Waals surface area contributed by atoms with E-state index in [-0.39, 0.29) is 93.6 Å². The predicted molar refractivity (Wildman–Crippen MR) is 182 cm³/mol. The number of phenols is 2. The minimum atomic E-state index is -0.267. The van der Waals surface area contributed by atoms with Crippen molar-refractivity contribution in [1.82, 2.24) is 20.0 Å². The van der Waals surface area contributed by atoms with Crippen molar-refractivity contribution in [2.24, 2.45) is 27.5 Å². The Balaban J connectivity index is -0.000000130. The number of azo groups is 2. The third-order valence-corrected chi connectivity index (χ3v) is 4.29. The molecule has 46 heavy (non-hydrogen) atoms.